The van der Waals surface area contributed by atoms with Crippen LogP contribution in [-0.2, 0) is 11.8 Å². The maximum atomic E-state index is 15.0. The van der Waals surface area contributed by atoms with Gasteiger partial charge < -0.3 is 9.88 Å². The van der Waals surface area contributed by atoms with Crippen molar-refractivity contribution >= 4 is 17.3 Å². The van der Waals surface area contributed by atoms with E-state index in [4.69, 9.17) is 4.99 Å². The summed E-state index contributed by atoms with van der Waals surface area (Å²) in [4.78, 5) is 29.0. The van der Waals surface area contributed by atoms with E-state index >= 15 is 0 Å². The van der Waals surface area contributed by atoms with Crippen molar-refractivity contribution in [3.05, 3.63) is 87.3 Å². The molecule has 4 rings (SSSR count). The minimum Gasteiger partial charge on any atom is -0.324 e. The van der Waals surface area contributed by atoms with Gasteiger partial charge in [0.25, 0.3) is 5.56 Å². The van der Waals surface area contributed by atoms with Crippen LogP contribution < -0.4 is 10.9 Å². The van der Waals surface area contributed by atoms with Crippen molar-refractivity contribution in [3.8, 4) is 11.1 Å². The van der Waals surface area contributed by atoms with Crippen LogP contribution in [0.4, 0.5) is 14.5 Å². The Hall–Kier alpha value is -3.61. The molecule has 2 heterocycles. The molecule has 0 radical (unpaired) electrons. The zero-order valence-electron chi connectivity index (χ0n) is 17.4. The molecule has 0 aliphatic carbocycles. The molecular weight excluding hydrogens is 400 g/mol. The normalized spacial score (nSPS) is 14.9. The molecule has 1 atom stereocenters. The summed E-state index contributed by atoms with van der Waals surface area (Å²) in [6.45, 7) is 3.53. The van der Waals surface area contributed by atoms with Gasteiger partial charge in [-0.15, -0.1) is 0 Å². The molecule has 0 fully saturated rings. The van der Waals surface area contributed by atoms with Crippen LogP contribution >= 0.6 is 0 Å². The van der Waals surface area contributed by atoms with Crippen LogP contribution in [0.3, 0.4) is 0 Å². The number of nitrogens with zero attached hydrogens (tertiary/aromatic N) is 2. The number of benzene rings is 2. The molecule has 158 valence electrons. The summed E-state index contributed by atoms with van der Waals surface area (Å²) < 4.78 is 29.9. The Labute approximate surface area is 178 Å². The van der Waals surface area contributed by atoms with Crippen molar-refractivity contribution in [1.82, 2.24) is 4.57 Å². The lowest BCUT2D eigenvalue weighted by Crippen LogP contribution is -2.17. The van der Waals surface area contributed by atoms with Crippen molar-refractivity contribution in [2.45, 2.75) is 26.3 Å². The van der Waals surface area contributed by atoms with Crippen LogP contribution in [0.15, 0.2) is 58.4 Å². The first-order valence-electron chi connectivity index (χ1n) is 9.97. The molecule has 5 nitrogen and oxygen atoms in total. The fourth-order valence-corrected chi connectivity index (χ4v) is 3.71. The summed E-state index contributed by atoms with van der Waals surface area (Å²) in [5.41, 5.74) is 3.53. The fraction of sp³-hybridized carbons (Fsp3) is 0.208. The van der Waals surface area contributed by atoms with Crippen LogP contribution in [-0.4, -0.2) is 16.2 Å². The molecule has 2 aromatic carbocycles. The average molecular weight is 421 g/mol. The minimum absolute atomic E-state index is 0.0541. The Morgan fingerprint density at radius 3 is 2.48 bits per heavy atom. The lowest BCUT2D eigenvalue weighted by Gasteiger charge is -2.16. The number of carbonyl (C=O) groups is 1. The van der Waals surface area contributed by atoms with Crippen LogP contribution in [0.2, 0.25) is 0 Å². The number of aryl methyl sites for hydroxylation is 1. The highest BCUT2D eigenvalue weighted by Gasteiger charge is 2.26. The molecule has 0 unspecified atom stereocenters. The molecule has 3 aromatic rings. The molecule has 7 heteroatoms. The third-order valence-corrected chi connectivity index (χ3v) is 5.40. The number of carbonyl (C=O) groups excluding carboxylic acids is 1. The van der Waals surface area contributed by atoms with E-state index in [9.17, 15) is 18.4 Å². The number of halogens is 2. The number of rotatable bonds is 3. The number of aromatic nitrogens is 1. The van der Waals surface area contributed by atoms with Gasteiger partial charge in [0.15, 0.2) is 0 Å². The topological polar surface area (TPSA) is 63.5 Å². The Morgan fingerprint density at radius 1 is 1.10 bits per heavy atom. The van der Waals surface area contributed by atoms with Gasteiger partial charge in [-0.1, -0.05) is 6.92 Å². The summed E-state index contributed by atoms with van der Waals surface area (Å²) in [5.74, 6) is -1.30. The Balaban J connectivity index is 2.03. The first-order valence-corrected chi connectivity index (χ1v) is 9.97. The Kier molecular flexibility index (Phi) is 5.27. The number of hydrogen-bond donors (Lipinski definition) is 1. The van der Waals surface area contributed by atoms with E-state index in [1.165, 1.54) is 28.8 Å². The minimum atomic E-state index is -0.601. The van der Waals surface area contributed by atoms with Crippen molar-refractivity contribution in [2.75, 3.05) is 5.32 Å². The van der Waals surface area contributed by atoms with E-state index in [-0.39, 0.29) is 29.4 Å². The van der Waals surface area contributed by atoms with E-state index in [0.29, 0.717) is 28.0 Å². The number of nitrogens with one attached hydrogen (secondary N) is 1. The molecule has 0 spiro atoms. The largest absolute Gasteiger partial charge is 0.324 e. The fourth-order valence-electron chi connectivity index (χ4n) is 3.71. The smallest absolute Gasteiger partial charge is 0.250 e. The maximum Gasteiger partial charge on any atom is 0.250 e. The predicted molar refractivity (Wildman–Crippen MR) is 116 cm³/mol. The van der Waals surface area contributed by atoms with Gasteiger partial charge in [0.1, 0.15) is 11.6 Å². The molecule has 1 N–H and O–H groups in total. The number of hydrogen-bond acceptors (Lipinski definition) is 3. The lowest BCUT2D eigenvalue weighted by molar-refractivity contribution is -0.115. The molecule has 0 saturated carbocycles. The number of anilines is 1. The predicted octanol–water partition coefficient (Wildman–Crippen LogP) is 4.59. The number of aliphatic imine (C=N–C) groups is 1. The highest BCUT2D eigenvalue weighted by molar-refractivity contribution is 6.17. The molecular formula is C24H21F2N3O2. The standard InChI is InChI=1S/C24H21F2N3O2/c1-4-22(30)28-21-10-17-18(9-20(21)26)24(14-5-7-15(25)8-6-14)27-13(2)16-11-23(31)29(3)12-19(16)17/h5-13H,4H2,1-3H3,(H,28,30)/t13-/m0/s1. The molecule has 1 aliphatic heterocycles. The third-order valence-electron chi connectivity index (χ3n) is 5.40. The van der Waals surface area contributed by atoms with Gasteiger partial charge >= 0.3 is 0 Å². The average Bonchev–Trinajstić information content (AvgIpc) is 2.85. The van der Waals surface area contributed by atoms with Gasteiger partial charge in [-0.3, -0.25) is 14.6 Å². The van der Waals surface area contributed by atoms with E-state index in [1.54, 1.807) is 38.4 Å². The van der Waals surface area contributed by atoms with E-state index in [0.717, 1.165) is 5.56 Å². The molecule has 1 aromatic heterocycles. The highest BCUT2D eigenvalue weighted by Crippen LogP contribution is 2.39. The van der Waals surface area contributed by atoms with Crippen LogP contribution in [0.25, 0.3) is 11.1 Å². The van der Waals surface area contributed by atoms with E-state index in [1.807, 2.05) is 6.92 Å². The number of pyridine rings is 1. The van der Waals surface area contributed by atoms with Crippen molar-refractivity contribution in [2.24, 2.45) is 12.0 Å². The second-order valence-electron chi connectivity index (χ2n) is 7.53. The monoisotopic (exact) mass is 421 g/mol. The summed E-state index contributed by atoms with van der Waals surface area (Å²) >= 11 is 0. The van der Waals surface area contributed by atoms with Gasteiger partial charge in [0.05, 0.1) is 17.4 Å². The first-order chi connectivity index (χ1) is 14.8. The first kappa shape index (κ1) is 20.7. The second kappa shape index (κ2) is 7.91. The summed E-state index contributed by atoms with van der Waals surface area (Å²) in [5, 5.41) is 2.59. The molecule has 31 heavy (non-hydrogen) atoms. The van der Waals surface area contributed by atoms with Crippen LogP contribution in [0.1, 0.15) is 43.0 Å². The van der Waals surface area contributed by atoms with Gasteiger partial charge in [0.2, 0.25) is 5.91 Å². The summed E-state index contributed by atoms with van der Waals surface area (Å²) in [7, 11) is 1.64. The zero-order valence-corrected chi connectivity index (χ0v) is 17.4. The van der Waals surface area contributed by atoms with E-state index < -0.39 is 11.9 Å². The quantitative estimate of drug-likeness (QED) is 0.672. The summed E-state index contributed by atoms with van der Waals surface area (Å²) in [6, 6.07) is 9.84. The van der Waals surface area contributed by atoms with Crippen molar-refractivity contribution in [1.29, 1.82) is 0 Å². The lowest BCUT2D eigenvalue weighted by atomic mass is 9.91. The molecule has 0 saturated heterocycles. The third kappa shape index (κ3) is 3.79. The van der Waals surface area contributed by atoms with Crippen LogP contribution in [0.5, 0.6) is 0 Å². The number of fused-ring (bicyclic) bond motifs is 3. The Bertz CT molecular complexity index is 1280. The van der Waals surface area contributed by atoms with Gasteiger partial charge in [-0.2, -0.15) is 0 Å². The SMILES string of the molecule is CCC(=O)Nc1cc2c(cc1F)C(c1ccc(F)cc1)=N[C@@H](C)c1cc(=O)n(C)cc1-2. The van der Waals surface area contributed by atoms with Gasteiger partial charge in [0, 0.05) is 42.4 Å². The summed E-state index contributed by atoms with van der Waals surface area (Å²) in [6.07, 6.45) is 1.90. The molecule has 1 amide bonds. The number of amides is 1. The van der Waals surface area contributed by atoms with E-state index in [2.05, 4.69) is 5.32 Å². The van der Waals surface area contributed by atoms with Gasteiger partial charge in [-0.25, -0.2) is 8.78 Å². The second-order valence-corrected chi connectivity index (χ2v) is 7.53. The van der Waals surface area contributed by atoms with Crippen LogP contribution in [0, 0.1) is 11.6 Å². The van der Waals surface area contributed by atoms with Crippen molar-refractivity contribution in [3.63, 3.8) is 0 Å². The zero-order chi connectivity index (χ0) is 22.3. The van der Waals surface area contributed by atoms with Crippen molar-refractivity contribution < 1.29 is 13.6 Å². The maximum absolute atomic E-state index is 15.0. The molecule has 0 bridgehead atoms. The Morgan fingerprint density at radius 2 is 1.81 bits per heavy atom. The molecule has 1 aliphatic rings. The highest BCUT2D eigenvalue weighted by atomic mass is 19.1. The van der Waals surface area contributed by atoms with Gasteiger partial charge in [-0.05, 0) is 54.4 Å².